The van der Waals surface area contributed by atoms with Gasteiger partial charge in [-0.1, -0.05) is 0 Å². The van der Waals surface area contributed by atoms with Gasteiger partial charge in [-0.05, 0) is 27.2 Å². The van der Waals surface area contributed by atoms with E-state index in [0.29, 0.717) is 13.1 Å². The second-order valence-electron chi connectivity index (χ2n) is 5.39. The van der Waals surface area contributed by atoms with Crippen LogP contribution >= 0.6 is 11.3 Å². The molecule has 0 aliphatic carbocycles. The van der Waals surface area contributed by atoms with Gasteiger partial charge in [-0.15, -0.1) is 11.3 Å². The Balaban J connectivity index is 2.20. The zero-order valence-electron chi connectivity index (χ0n) is 12.1. The summed E-state index contributed by atoms with van der Waals surface area (Å²) in [7, 11) is 1.68. The minimum atomic E-state index is -0.871. The van der Waals surface area contributed by atoms with Crippen molar-refractivity contribution in [1.29, 1.82) is 0 Å². The van der Waals surface area contributed by atoms with Gasteiger partial charge in [0.2, 0.25) is 0 Å². The molecule has 6 heteroatoms. The largest absolute Gasteiger partial charge is 0.389 e. The molecule has 0 bridgehead atoms. The zero-order valence-corrected chi connectivity index (χ0v) is 12.9. The highest BCUT2D eigenvalue weighted by Gasteiger charge is 2.18. The van der Waals surface area contributed by atoms with Crippen molar-refractivity contribution < 1.29 is 9.90 Å². The Labute approximate surface area is 118 Å². The minimum Gasteiger partial charge on any atom is -0.389 e. The van der Waals surface area contributed by atoms with Crippen molar-refractivity contribution in [2.24, 2.45) is 0 Å². The smallest absolute Gasteiger partial charge is 0.317 e. The van der Waals surface area contributed by atoms with Crippen molar-refractivity contribution >= 4 is 17.4 Å². The Kier molecular flexibility index (Phi) is 5.75. The standard InChI is InChI=1S/C13H23N3O2S/c1-10-8-19-11(15-10)6-5-7-14-12(17)16(4)9-13(2,3)18/h8,18H,5-7,9H2,1-4H3,(H,14,17). The molecule has 0 aliphatic rings. The van der Waals surface area contributed by atoms with Crippen molar-refractivity contribution in [3.63, 3.8) is 0 Å². The van der Waals surface area contributed by atoms with E-state index in [9.17, 15) is 9.90 Å². The maximum atomic E-state index is 11.7. The summed E-state index contributed by atoms with van der Waals surface area (Å²) >= 11 is 1.66. The Hall–Kier alpha value is -1.14. The Morgan fingerprint density at radius 1 is 1.58 bits per heavy atom. The predicted molar refractivity (Wildman–Crippen MR) is 77.5 cm³/mol. The number of hydrogen-bond acceptors (Lipinski definition) is 4. The molecule has 0 aromatic carbocycles. The molecular weight excluding hydrogens is 262 g/mol. The summed E-state index contributed by atoms with van der Waals surface area (Å²) in [5.74, 6) is 0. The van der Waals surface area contributed by atoms with E-state index < -0.39 is 5.60 Å². The van der Waals surface area contributed by atoms with Crippen LogP contribution in [0.5, 0.6) is 0 Å². The van der Waals surface area contributed by atoms with E-state index >= 15 is 0 Å². The lowest BCUT2D eigenvalue weighted by Gasteiger charge is -2.25. The average molecular weight is 285 g/mol. The number of nitrogens with one attached hydrogen (secondary N) is 1. The fourth-order valence-corrected chi connectivity index (χ4v) is 2.56. The number of rotatable bonds is 6. The van der Waals surface area contributed by atoms with Gasteiger partial charge >= 0.3 is 6.03 Å². The number of hydrogen-bond donors (Lipinski definition) is 2. The van der Waals surface area contributed by atoms with Gasteiger partial charge < -0.3 is 15.3 Å². The molecule has 19 heavy (non-hydrogen) atoms. The van der Waals surface area contributed by atoms with Crippen LogP contribution in [-0.2, 0) is 6.42 Å². The van der Waals surface area contributed by atoms with Gasteiger partial charge in [0.15, 0.2) is 0 Å². The molecule has 0 fully saturated rings. The molecule has 1 aromatic rings. The second-order valence-corrected chi connectivity index (χ2v) is 6.33. The van der Waals surface area contributed by atoms with Gasteiger partial charge in [-0.2, -0.15) is 0 Å². The van der Waals surface area contributed by atoms with Crippen LogP contribution in [0.25, 0.3) is 0 Å². The maximum Gasteiger partial charge on any atom is 0.317 e. The molecule has 0 radical (unpaired) electrons. The number of carbonyl (C=O) groups excluding carboxylic acids is 1. The summed E-state index contributed by atoms with van der Waals surface area (Å²) in [5, 5.41) is 15.6. The number of nitrogens with zero attached hydrogens (tertiary/aromatic N) is 2. The average Bonchev–Trinajstić information content (AvgIpc) is 2.68. The van der Waals surface area contributed by atoms with Gasteiger partial charge in [-0.25, -0.2) is 9.78 Å². The number of carbonyl (C=O) groups is 1. The van der Waals surface area contributed by atoms with Gasteiger partial charge in [0.25, 0.3) is 0 Å². The molecule has 0 spiro atoms. The lowest BCUT2D eigenvalue weighted by atomic mass is 10.1. The van der Waals surface area contributed by atoms with Gasteiger partial charge in [0.05, 0.1) is 17.2 Å². The highest BCUT2D eigenvalue weighted by Crippen LogP contribution is 2.10. The highest BCUT2D eigenvalue weighted by atomic mass is 32.1. The van der Waals surface area contributed by atoms with Crippen molar-refractivity contribution in [3.8, 4) is 0 Å². The van der Waals surface area contributed by atoms with E-state index in [0.717, 1.165) is 23.5 Å². The SMILES string of the molecule is Cc1csc(CCCNC(=O)N(C)CC(C)(C)O)n1. The van der Waals surface area contributed by atoms with Crippen LogP contribution in [0.2, 0.25) is 0 Å². The van der Waals surface area contributed by atoms with Crippen LogP contribution in [0.1, 0.15) is 31.0 Å². The topological polar surface area (TPSA) is 65.5 Å². The van der Waals surface area contributed by atoms with Crippen LogP contribution in [0.15, 0.2) is 5.38 Å². The van der Waals surface area contributed by atoms with Gasteiger partial charge in [0, 0.05) is 31.1 Å². The van der Waals surface area contributed by atoms with Gasteiger partial charge in [-0.3, -0.25) is 0 Å². The molecule has 0 saturated carbocycles. The third kappa shape index (κ3) is 6.54. The lowest BCUT2D eigenvalue weighted by molar-refractivity contribution is 0.0532. The van der Waals surface area contributed by atoms with Crippen molar-refractivity contribution in [1.82, 2.24) is 15.2 Å². The Morgan fingerprint density at radius 3 is 2.79 bits per heavy atom. The van der Waals surface area contributed by atoms with Crippen molar-refractivity contribution in [2.75, 3.05) is 20.1 Å². The normalized spacial score (nSPS) is 11.4. The molecule has 0 unspecified atom stereocenters. The highest BCUT2D eigenvalue weighted by molar-refractivity contribution is 7.09. The molecule has 2 amide bonds. The number of aryl methyl sites for hydroxylation is 2. The van der Waals surface area contributed by atoms with Crippen molar-refractivity contribution in [2.45, 2.75) is 39.2 Å². The molecule has 2 N–H and O–H groups in total. The third-order valence-corrected chi connectivity index (χ3v) is 3.51. The van der Waals surface area contributed by atoms with Crippen LogP contribution in [-0.4, -0.2) is 46.8 Å². The first-order chi connectivity index (χ1) is 8.78. The van der Waals surface area contributed by atoms with Crippen LogP contribution in [0, 0.1) is 6.92 Å². The summed E-state index contributed by atoms with van der Waals surface area (Å²) in [6.45, 7) is 6.27. The number of aromatic nitrogens is 1. The first-order valence-electron chi connectivity index (χ1n) is 6.40. The van der Waals surface area contributed by atoms with Crippen LogP contribution in [0.4, 0.5) is 4.79 Å². The van der Waals surface area contributed by atoms with Crippen LogP contribution < -0.4 is 5.32 Å². The Morgan fingerprint density at radius 2 is 2.26 bits per heavy atom. The lowest BCUT2D eigenvalue weighted by Crippen LogP contribution is -2.44. The van der Waals surface area contributed by atoms with Crippen LogP contribution in [0.3, 0.4) is 0 Å². The monoisotopic (exact) mass is 285 g/mol. The first-order valence-corrected chi connectivity index (χ1v) is 7.28. The predicted octanol–water partition coefficient (Wildman–Crippen LogP) is 1.80. The van der Waals surface area contributed by atoms with E-state index in [1.165, 1.54) is 4.90 Å². The summed E-state index contributed by atoms with van der Waals surface area (Å²) in [6.07, 6.45) is 1.75. The summed E-state index contributed by atoms with van der Waals surface area (Å²) < 4.78 is 0. The van der Waals surface area contributed by atoms with E-state index in [4.69, 9.17) is 0 Å². The Bertz CT molecular complexity index is 412. The summed E-state index contributed by atoms with van der Waals surface area (Å²) in [6, 6.07) is -0.155. The zero-order chi connectivity index (χ0) is 14.5. The van der Waals surface area contributed by atoms with Crippen molar-refractivity contribution in [3.05, 3.63) is 16.1 Å². The molecule has 0 aliphatic heterocycles. The summed E-state index contributed by atoms with van der Waals surface area (Å²) in [5.41, 5.74) is 0.179. The number of likely N-dealkylation sites (N-methyl/N-ethyl adjacent to an activating group) is 1. The molecular formula is C13H23N3O2S. The molecule has 1 aromatic heterocycles. The molecule has 0 saturated heterocycles. The second kappa shape index (κ2) is 6.86. The fourth-order valence-electron chi connectivity index (χ4n) is 1.74. The fraction of sp³-hybridized carbons (Fsp3) is 0.692. The molecule has 5 nitrogen and oxygen atoms in total. The first kappa shape index (κ1) is 15.9. The van der Waals surface area contributed by atoms with E-state index in [-0.39, 0.29) is 6.03 Å². The molecule has 108 valence electrons. The van der Waals surface area contributed by atoms with E-state index in [2.05, 4.69) is 10.3 Å². The maximum absolute atomic E-state index is 11.7. The number of urea groups is 1. The molecule has 0 atom stereocenters. The quantitative estimate of drug-likeness (QED) is 0.783. The molecule has 1 heterocycles. The van der Waals surface area contributed by atoms with Gasteiger partial charge in [0.1, 0.15) is 0 Å². The number of thiazole rings is 1. The molecule has 1 rings (SSSR count). The minimum absolute atomic E-state index is 0.155. The van der Waals surface area contributed by atoms with E-state index in [1.807, 2.05) is 12.3 Å². The number of amides is 2. The number of aliphatic hydroxyl groups is 1. The van der Waals surface area contributed by atoms with E-state index in [1.54, 1.807) is 32.2 Å². The summed E-state index contributed by atoms with van der Waals surface area (Å²) in [4.78, 5) is 17.6. The third-order valence-electron chi connectivity index (χ3n) is 2.48.